The molecule has 3 rings (SSSR count). The zero-order valence-corrected chi connectivity index (χ0v) is 14.1. The van der Waals surface area contributed by atoms with Gasteiger partial charge in [-0.2, -0.15) is 4.98 Å². The molecule has 0 aliphatic rings. The topological polar surface area (TPSA) is 90.1 Å². The Morgan fingerprint density at radius 2 is 2.19 bits per heavy atom. The largest absolute Gasteiger partial charge is 0.494 e. The molecule has 8 heteroatoms. The number of pyridine rings is 1. The number of ether oxygens (including phenoxy) is 1. The predicted octanol–water partition coefficient (Wildman–Crippen LogP) is 2.53. The van der Waals surface area contributed by atoms with Crippen molar-refractivity contribution in [1.29, 1.82) is 0 Å². The molecule has 0 aliphatic carbocycles. The minimum absolute atomic E-state index is 0.167. The monoisotopic (exact) mass is 356 g/mol. The zero-order valence-electron chi connectivity index (χ0n) is 14.1. The maximum absolute atomic E-state index is 13.6. The summed E-state index contributed by atoms with van der Waals surface area (Å²) in [5.74, 6) is 0.247. The molecule has 3 aromatic rings. The van der Waals surface area contributed by atoms with Crippen LogP contribution in [0, 0.1) is 5.82 Å². The Morgan fingerprint density at radius 3 is 2.92 bits per heavy atom. The number of carbonyl (C=O) groups excluding carboxylic acids is 1. The molecule has 0 saturated carbocycles. The predicted molar refractivity (Wildman–Crippen MR) is 90.6 cm³/mol. The smallest absolute Gasteiger partial charge is 0.227 e. The average molecular weight is 356 g/mol. The lowest BCUT2D eigenvalue weighted by Crippen LogP contribution is -2.23. The van der Waals surface area contributed by atoms with E-state index in [4.69, 9.17) is 9.26 Å². The van der Waals surface area contributed by atoms with Gasteiger partial charge in [-0.15, -0.1) is 0 Å². The van der Waals surface area contributed by atoms with Crippen molar-refractivity contribution < 1.29 is 18.4 Å². The summed E-state index contributed by atoms with van der Waals surface area (Å²) in [6.45, 7) is 0.225. The summed E-state index contributed by atoms with van der Waals surface area (Å²) in [6.07, 6.45) is 2.13. The first-order chi connectivity index (χ1) is 12.7. The van der Waals surface area contributed by atoms with Crippen molar-refractivity contribution in [1.82, 2.24) is 20.4 Å². The van der Waals surface area contributed by atoms with Crippen LogP contribution >= 0.6 is 0 Å². The number of benzene rings is 1. The fourth-order valence-corrected chi connectivity index (χ4v) is 2.28. The second kappa shape index (κ2) is 8.19. The summed E-state index contributed by atoms with van der Waals surface area (Å²) >= 11 is 0. The maximum Gasteiger partial charge on any atom is 0.227 e. The minimum Gasteiger partial charge on any atom is -0.494 e. The quantitative estimate of drug-likeness (QED) is 0.700. The second-order valence-electron chi connectivity index (χ2n) is 5.47. The van der Waals surface area contributed by atoms with Gasteiger partial charge in [0.05, 0.1) is 7.11 Å². The number of nitrogens with one attached hydrogen (secondary N) is 1. The first-order valence-electron chi connectivity index (χ1n) is 7.99. The average Bonchev–Trinajstić information content (AvgIpc) is 3.14. The molecule has 0 fully saturated rings. The third kappa shape index (κ3) is 4.41. The van der Waals surface area contributed by atoms with E-state index in [-0.39, 0.29) is 24.6 Å². The number of carbonyl (C=O) groups is 1. The summed E-state index contributed by atoms with van der Waals surface area (Å²) in [4.78, 5) is 20.3. The summed E-state index contributed by atoms with van der Waals surface area (Å²) < 4.78 is 23.6. The number of hydrogen-bond acceptors (Lipinski definition) is 6. The van der Waals surface area contributed by atoms with E-state index in [0.717, 1.165) is 0 Å². The van der Waals surface area contributed by atoms with Crippen molar-refractivity contribution in [3.05, 3.63) is 59.9 Å². The van der Waals surface area contributed by atoms with E-state index in [1.807, 2.05) is 6.07 Å². The first-order valence-corrected chi connectivity index (χ1v) is 7.99. The SMILES string of the molecule is COc1ccc(CNC(=O)CCc2nc(-c3ccccn3)no2)cc1F. The van der Waals surface area contributed by atoms with Crippen LogP contribution in [0.25, 0.3) is 11.5 Å². The number of halogens is 1. The van der Waals surface area contributed by atoms with E-state index in [9.17, 15) is 9.18 Å². The molecular weight excluding hydrogens is 339 g/mol. The van der Waals surface area contributed by atoms with Crippen molar-refractivity contribution in [3.8, 4) is 17.3 Å². The lowest BCUT2D eigenvalue weighted by Gasteiger charge is -2.06. The van der Waals surface area contributed by atoms with E-state index in [1.165, 1.54) is 19.2 Å². The Balaban J connectivity index is 1.49. The Hall–Kier alpha value is -3.29. The molecule has 2 heterocycles. The van der Waals surface area contributed by atoms with Crippen LogP contribution in [-0.4, -0.2) is 28.1 Å². The van der Waals surface area contributed by atoms with Crippen LogP contribution in [0.15, 0.2) is 47.1 Å². The van der Waals surface area contributed by atoms with E-state index >= 15 is 0 Å². The highest BCUT2D eigenvalue weighted by Crippen LogP contribution is 2.17. The molecule has 134 valence electrons. The molecule has 0 radical (unpaired) electrons. The number of nitrogens with zero attached hydrogens (tertiary/aromatic N) is 3. The Bertz CT molecular complexity index is 883. The number of aromatic nitrogens is 3. The van der Waals surface area contributed by atoms with Gasteiger partial charge in [-0.1, -0.05) is 17.3 Å². The van der Waals surface area contributed by atoms with Gasteiger partial charge in [0.15, 0.2) is 11.6 Å². The molecule has 0 saturated heterocycles. The minimum atomic E-state index is -0.466. The highest BCUT2D eigenvalue weighted by Gasteiger charge is 2.11. The van der Waals surface area contributed by atoms with E-state index in [2.05, 4.69) is 20.4 Å². The summed E-state index contributed by atoms with van der Waals surface area (Å²) in [5, 5.41) is 6.57. The second-order valence-corrected chi connectivity index (χ2v) is 5.47. The van der Waals surface area contributed by atoms with Crippen LogP contribution < -0.4 is 10.1 Å². The fourth-order valence-electron chi connectivity index (χ4n) is 2.28. The molecule has 0 aliphatic heterocycles. The summed E-state index contributed by atoms with van der Waals surface area (Å²) in [6, 6.07) is 9.94. The maximum atomic E-state index is 13.6. The molecule has 1 amide bonds. The van der Waals surface area contributed by atoms with Crippen molar-refractivity contribution in [2.45, 2.75) is 19.4 Å². The Kier molecular flexibility index (Phi) is 5.52. The van der Waals surface area contributed by atoms with Crippen molar-refractivity contribution in [2.24, 2.45) is 0 Å². The molecular formula is C18H17FN4O3. The highest BCUT2D eigenvalue weighted by molar-refractivity contribution is 5.76. The molecule has 7 nitrogen and oxygen atoms in total. The number of amides is 1. The molecule has 0 atom stereocenters. The fraction of sp³-hybridized carbons (Fsp3) is 0.222. The lowest BCUT2D eigenvalue weighted by atomic mass is 10.2. The van der Waals surface area contributed by atoms with Gasteiger partial charge in [-0.05, 0) is 29.8 Å². The van der Waals surface area contributed by atoms with E-state index in [0.29, 0.717) is 29.4 Å². The normalized spacial score (nSPS) is 10.5. The standard InChI is InChI=1S/C18H17FN4O3/c1-25-15-6-5-12(10-13(15)19)11-21-16(24)7-8-17-22-18(23-26-17)14-4-2-3-9-20-14/h2-6,9-10H,7-8,11H2,1H3,(H,21,24). The molecule has 0 spiro atoms. The van der Waals surface area contributed by atoms with Gasteiger partial charge in [-0.25, -0.2) is 4.39 Å². The van der Waals surface area contributed by atoms with Crippen LogP contribution in [0.4, 0.5) is 4.39 Å². The van der Waals surface area contributed by atoms with E-state index in [1.54, 1.807) is 24.4 Å². The Labute approximate surface area is 149 Å². The van der Waals surface area contributed by atoms with E-state index < -0.39 is 5.82 Å². The van der Waals surface area contributed by atoms with Crippen LogP contribution in [0.2, 0.25) is 0 Å². The van der Waals surface area contributed by atoms with Crippen LogP contribution in [0.1, 0.15) is 17.9 Å². The number of aryl methyl sites for hydroxylation is 1. The first kappa shape index (κ1) is 17.5. The molecule has 0 unspecified atom stereocenters. The number of rotatable bonds is 7. The zero-order chi connectivity index (χ0) is 18.4. The molecule has 2 aromatic heterocycles. The summed E-state index contributed by atoms with van der Waals surface area (Å²) in [5.41, 5.74) is 1.25. The Morgan fingerprint density at radius 1 is 1.31 bits per heavy atom. The van der Waals surface area contributed by atoms with Crippen LogP contribution in [0.5, 0.6) is 5.75 Å². The number of hydrogen-bond donors (Lipinski definition) is 1. The molecule has 1 aromatic carbocycles. The van der Waals surface area contributed by atoms with Crippen molar-refractivity contribution >= 4 is 5.91 Å². The van der Waals surface area contributed by atoms with Gasteiger partial charge in [0.1, 0.15) is 5.69 Å². The van der Waals surface area contributed by atoms with Gasteiger partial charge < -0.3 is 14.6 Å². The molecule has 1 N–H and O–H groups in total. The summed E-state index contributed by atoms with van der Waals surface area (Å²) in [7, 11) is 1.40. The molecule has 26 heavy (non-hydrogen) atoms. The third-order valence-corrected chi connectivity index (χ3v) is 3.63. The van der Waals surface area contributed by atoms with Gasteiger partial charge in [0, 0.05) is 25.6 Å². The van der Waals surface area contributed by atoms with Crippen LogP contribution in [-0.2, 0) is 17.8 Å². The highest BCUT2D eigenvalue weighted by atomic mass is 19.1. The van der Waals surface area contributed by atoms with Gasteiger partial charge >= 0.3 is 0 Å². The number of methoxy groups -OCH3 is 1. The van der Waals surface area contributed by atoms with Crippen molar-refractivity contribution in [3.63, 3.8) is 0 Å². The van der Waals surface area contributed by atoms with Gasteiger partial charge in [0.2, 0.25) is 17.6 Å². The van der Waals surface area contributed by atoms with Gasteiger partial charge in [-0.3, -0.25) is 9.78 Å². The lowest BCUT2D eigenvalue weighted by molar-refractivity contribution is -0.121. The van der Waals surface area contributed by atoms with Crippen molar-refractivity contribution in [2.75, 3.05) is 7.11 Å². The van der Waals surface area contributed by atoms with Crippen LogP contribution in [0.3, 0.4) is 0 Å². The van der Waals surface area contributed by atoms with Gasteiger partial charge in [0.25, 0.3) is 0 Å². The third-order valence-electron chi connectivity index (χ3n) is 3.63. The molecule has 0 bridgehead atoms.